The Morgan fingerprint density at radius 1 is 1.10 bits per heavy atom. The first-order chi connectivity index (χ1) is 10.2. The lowest BCUT2D eigenvalue weighted by atomic mass is 10.1. The van der Waals surface area contributed by atoms with E-state index in [1.807, 2.05) is 42.5 Å². The van der Waals surface area contributed by atoms with Crippen LogP contribution in [0.2, 0.25) is 0 Å². The fraction of sp³-hybridized carbons (Fsp3) is 0.0625. The van der Waals surface area contributed by atoms with Crippen LogP contribution in [0.15, 0.2) is 53.1 Å². The molecule has 21 heavy (non-hydrogen) atoms. The van der Waals surface area contributed by atoms with Crippen molar-refractivity contribution in [1.82, 2.24) is 9.97 Å². The molecule has 0 amide bonds. The molecule has 0 aliphatic rings. The number of hydrogen-bond donors (Lipinski definition) is 1. The molecule has 104 valence electrons. The van der Waals surface area contributed by atoms with Crippen LogP contribution in [0.5, 0.6) is 0 Å². The minimum atomic E-state index is -0.584. The molecule has 0 fully saturated rings. The number of rotatable bonds is 3. The Hall–Kier alpha value is -2.11. The first-order valence-electron chi connectivity index (χ1n) is 6.41. The van der Waals surface area contributed by atoms with E-state index in [4.69, 9.17) is 5.73 Å². The van der Waals surface area contributed by atoms with E-state index in [0.717, 1.165) is 38.6 Å². The van der Waals surface area contributed by atoms with Gasteiger partial charge in [0, 0.05) is 10.0 Å². The van der Waals surface area contributed by atoms with Crippen LogP contribution in [0.3, 0.4) is 0 Å². The maximum Gasteiger partial charge on any atom is 0.141 e. The Balaban J connectivity index is 2.00. The van der Waals surface area contributed by atoms with Gasteiger partial charge in [-0.1, -0.05) is 40.2 Å². The summed E-state index contributed by atoms with van der Waals surface area (Å²) < 4.78 is 0.976. The van der Waals surface area contributed by atoms with E-state index in [9.17, 15) is 4.79 Å². The van der Waals surface area contributed by atoms with E-state index in [0.29, 0.717) is 0 Å². The van der Waals surface area contributed by atoms with Gasteiger partial charge in [-0.3, -0.25) is 4.98 Å². The Labute approximate surface area is 130 Å². The van der Waals surface area contributed by atoms with Gasteiger partial charge in [0.25, 0.3) is 0 Å². The molecule has 3 rings (SSSR count). The summed E-state index contributed by atoms with van der Waals surface area (Å²) in [5.41, 5.74) is 9.86. The lowest BCUT2D eigenvalue weighted by Gasteiger charge is -2.06. The Morgan fingerprint density at radius 3 is 2.57 bits per heavy atom. The number of fused-ring (bicyclic) bond motifs is 1. The summed E-state index contributed by atoms with van der Waals surface area (Å²) in [4.78, 5) is 19.7. The number of nitrogens with two attached hydrogens (primary N) is 1. The third-order valence-electron chi connectivity index (χ3n) is 3.24. The second-order valence-corrected chi connectivity index (χ2v) is 5.59. The third-order valence-corrected chi connectivity index (χ3v) is 3.74. The Bertz CT molecular complexity index is 802. The molecule has 0 aliphatic heterocycles. The zero-order valence-electron chi connectivity index (χ0n) is 11.0. The molecule has 1 aromatic heterocycles. The molecule has 0 saturated heterocycles. The van der Waals surface area contributed by atoms with Gasteiger partial charge in [-0.15, -0.1) is 0 Å². The lowest BCUT2D eigenvalue weighted by molar-refractivity contribution is -0.109. The van der Waals surface area contributed by atoms with Crippen LogP contribution < -0.4 is 5.73 Å². The standard InChI is InChI=1S/C16H12BrN3O/c17-12-5-6-14-15(7-12)19-8-16(20-14)11-3-1-10(2-4-11)13(18)9-21/h1-9,13H,18H2. The van der Waals surface area contributed by atoms with Crippen molar-refractivity contribution in [2.24, 2.45) is 5.73 Å². The summed E-state index contributed by atoms with van der Waals surface area (Å²) in [6.45, 7) is 0. The van der Waals surface area contributed by atoms with Crippen molar-refractivity contribution >= 4 is 33.2 Å². The largest absolute Gasteiger partial charge is 0.318 e. The number of halogens is 1. The molecule has 0 saturated carbocycles. The van der Waals surface area contributed by atoms with Gasteiger partial charge in [0.2, 0.25) is 0 Å². The molecule has 2 aromatic carbocycles. The number of aromatic nitrogens is 2. The van der Waals surface area contributed by atoms with Crippen LogP contribution in [-0.2, 0) is 4.79 Å². The quantitative estimate of drug-likeness (QED) is 0.742. The van der Waals surface area contributed by atoms with Gasteiger partial charge in [-0.05, 0) is 23.8 Å². The fourth-order valence-corrected chi connectivity index (χ4v) is 2.43. The van der Waals surface area contributed by atoms with Gasteiger partial charge in [0.15, 0.2) is 0 Å². The lowest BCUT2D eigenvalue weighted by Crippen LogP contribution is -2.10. The van der Waals surface area contributed by atoms with Gasteiger partial charge in [-0.2, -0.15) is 0 Å². The molecule has 2 N–H and O–H groups in total. The van der Waals surface area contributed by atoms with Gasteiger partial charge in [0.1, 0.15) is 6.29 Å². The van der Waals surface area contributed by atoms with Crippen molar-refractivity contribution < 1.29 is 4.79 Å². The minimum Gasteiger partial charge on any atom is -0.318 e. The number of carbonyl (C=O) groups excluding carboxylic acids is 1. The van der Waals surface area contributed by atoms with Crippen LogP contribution >= 0.6 is 15.9 Å². The van der Waals surface area contributed by atoms with Crippen molar-refractivity contribution in [1.29, 1.82) is 0 Å². The first-order valence-corrected chi connectivity index (χ1v) is 7.20. The number of carbonyl (C=O) groups is 1. The molecule has 0 aliphatic carbocycles. The third kappa shape index (κ3) is 2.84. The first kappa shape index (κ1) is 13.9. The zero-order valence-corrected chi connectivity index (χ0v) is 12.6. The highest BCUT2D eigenvalue weighted by Gasteiger charge is 2.06. The molecule has 3 aromatic rings. The topological polar surface area (TPSA) is 68.9 Å². The number of benzene rings is 2. The molecule has 0 bridgehead atoms. The number of aldehydes is 1. The summed E-state index contributed by atoms with van der Waals surface area (Å²) >= 11 is 3.42. The second-order valence-electron chi connectivity index (χ2n) is 4.67. The van der Waals surface area contributed by atoms with Crippen LogP contribution in [0.1, 0.15) is 11.6 Å². The number of nitrogens with zero attached hydrogens (tertiary/aromatic N) is 2. The molecule has 4 nitrogen and oxygen atoms in total. The van der Waals surface area contributed by atoms with Crippen molar-refractivity contribution in [3.63, 3.8) is 0 Å². The summed E-state index contributed by atoms with van der Waals surface area (Å²) in [5, 5.41) is 0. The summed E-state index contributed by atoms with van der Waals surface area (Å²) in [6, 6.07) is 12.7. The summed E-state index contributed by atoms with van der Waals surface area (Å²) in [7, 11) is 0. The van der Waals surface area contributed by atoms with E-state index in [-0.39, 0.29) is 0 Å². The van der Waals surface area contributed by atoms with Crippen LogP contribution in [0, 0.1) is 0 Å². The number of hydrogen-bond acceptors (Lipinski definition) is 4. The zero-order chi connectivity index (χ0) is 14.8. The van der Waals surface area contributed by atoms with Gasteiger partial charge in [-0.25, -0.2) is 4.98 Å². The van der Waals surface area contributed by atoms with Crippen molar-refractivity contribution in [3.05, 3.63) is 58.7 Å². The second kappa shape index (κ2) is 5.71. The SMILES string of the molecule is NC(C=O)c1ccc(-c2cnc3cc(Br)ccc3n2)cc1. The monoisotopic (exact) mass is 341 g/mol. The normalized spacial score (nSPS) is 12.3. The molecule has 5 heteroatoms. The highest BCUT2D eigenvalue weighted by Crippen LogP contribution is 2.22. The van der Waals surface area contributed by atoms with E-state index in [1.54, 1.807) is 6.20 Å². The predicted octanol–water partition coefficient (Wildman–Crippen LogP) is 3.26. The molecule has 1 heterocycles. The maximum absolute atomic E-state index is 10.7. The molecular formula is C16H12BrN3O. The average molecular weight is 342 g/mol. The maximum atomic E-state index is 10.7. The van der Waals surface area contributed by atoms with Gasteiger partial charge >= 0.3 is 0 Å². The van der Waals surface area contributed by atoms with Gasteiger partial charge in [0.05, 0.1) is 29.0 Å². The molecule has 0 radical (unpaired) electrons. The fourth-order valence-electron chi connectivity index (χ4n) is 2.08. The minimum absolute atomic E-state index is 0.584. The Morgan fingerprint density at radius 2 is 1.86 bits per heavy atom. The molecular weight excluding hydrogens is 330 g/mol. The van der Waals surface area contributed by atoms with Crippen molar-refractivity contribution in [3.8, 4) is 11.3 Å². The Kier molecular flexibility index (Phi) is 3.77. The van der Waals surface area contributed by atoms with E-state index < -0.39 is 6.04 Å². The van der Waals surface area contributed by atoms with Crippen LogP contribution in [-0.4, -0.2) is 16.3 Å². The van der Waals surface area contributed by atoms with Crippen molar-refractivity contribution in [2.75, 3.05) is 0 Å². The highest BCUT2D eigenvalue weighted by molar-refractivity contribution is 9.10. The van der Waals surface area contributed by atoms with Crippen molar-refractivity contribution in [2.45, 2.75) is 6.04 Å². The molecule has 1 unspecified atom stereocenters. The van der Waals surface area contributed by atoms with E-state index >= 15 is 0 Å². The molecule has 1 atom stereocenters. The van der Waals surface area contributed by atoms with Crippen LogP contribution in [0.4, 0.5) is 0 Å². The summed E-state index contributed by atoms with van der Waals surface area (Å²) in [6.07, 6.45) is 2.46. The highest BCUT2D eigenvalue weighted by atomic mass is 79.9. The smallest absolute Gasteiger partial charge is 0.141 e. The van der Waals surface area contributed by atoms with E-state index in [2.05, 4.69) is 25.9 Å². The van der Waals surface area contributed by atoms with E-state index in [1.165, 1.54) is 0 Å². The van der Waals surface area contributed by atoms with Gasteiger partial charge < -0.3 is 10.5 Å². The van der Waals surface area contributed by atoms with Crippen LogP contribution in [0.25, 0.3) is 22.3 Å². The average Bonchev–Trinajstić information content (AvgIpc) is 2.53. The molecule has 0 spiro atoms. The predicted molar refractivity (Wildman–Crippen MR) is 85.7 cm³/mol. The summed E-state index contributed by atoms with van der Waals surface area (Å²) in [5.74, 6) is 0.